The summed E-state index contributed by atoms with van der Waals surface area (Å²) in [6.07, 6.45) is 0. The van der Waals surface area contributed by atoms with Crippen molar-refractivity contribution in [1.82, 2.24) is 0 Å². The second-order valence-electron chi connectivity index (χ2n) is 0.105. The van der Waals surface area contributed by atoms with Gasteiger partial charge in [-0.2, -0.15) is 5.90 Å². The van der Waals surface area contributed by atoms with Gasteiger partial charge in [0.1, 0.15) is 0 Å². The molecule has 28 valence electrons. The molecule has 0 atom stereocenters. The van der Waals surface area contributed by atoms with Crippen molar-refractivity contribution in [2.75, 3.05) is 0 Å². The standard InChI is InChI=1S/H3NO2.2Ti/c1-3-2;;/h2H,1H2;;. The normalized spacial score (nSPS) is 3.60. The topological polar surface area (TPSA) is 55.5 Å². The van der Waals surface area contributed by atoms with E-state index in [0.29, 0.717) is 0 Å². The summed E-state index contributed by atoms with van der Waals surface area (Å²) in [5, 5.41) is 6.85. The molecule has 0 unspecified atom stereocenters. The predicted molar refractivity (Wildman–Crippen MR) is 7.90 cm³/mol. The molecule has 0 fully saturated rings. The molecular weight excluding hydrogens is 142 g/mol. The summed E-state index contributed by atoms with van der Waals surface area (Å²) in [5.41, 5.74) is 0. The summed E-state index contributed by atoms with van der Waals surface area (Å²) in [4.78, 5) is 2.75. The molecule has 3 nitrogen and oxygen atoms in total. The van der Waals surface area contributed by atoms with Crippen LogP contribution in [0, 0.1) is 0 Å². The van der Waals surface area contributed by atoms with Crippen molar-refractivity contribution in [2.24, 2.45) is 5.90 Å². The molecule has 0 saturated heterocycles. The Balaban J connectivity index is -0.0000000200. The third-order valence-electron chi connectivity index (χ3n) is 0. The Hall–Kier alpha value is 1.31. The van der Waals surface area contributed by atoms with E-state index in [2.05, 4.69) is 10.9 Å². The van der Waals surface area contributed by atoms with E-state index in [-0.39, 0.29) is 43.4 Å². The molecular formula is H3NO2Ti2. The molecule has 0 heterocycles. The first-order chi connectivity index (χ1) is 1.41. The predicted octanol–water partition coefficient (Wildman–Crippen LogP) is -0.655. The fourth-order valence-electron chi connectivity index (χ4n) is 0. The van der Waals surface area contributed by atoms with Crippen LogP contribution in [0.1, 0.15) is 0 Å². The summed E-state index contributed by atoms with van der Waals surface area (Å²) in [6.45, 7) is 0. The molecule has 0 aromatic carbocycles. The third kappa shape index (κ3) is 33.9. The van der Waals surface area contributed by atoms with Gasteiger partial charge in [-0.1, -0.05) is 0 Å². The van der Waals surface area contributed by atoms with E-state index < -0.39 is 0 Å². The van der Waals surface area contributed by atoms with Gasteiger partial charge in [0.25, 0.3) is 0 Å². The maximum absolute atomic E-state index is 6.85. The second-order valence-corrected chi connectivity index (χ2v) is 0.105. The number of hydrogen-bond acceptors (Lipinski definition) is 3. The second kappa shape index (κ2) is 18.5. The van der Waals surface area contributed by atoms with Crippen LogP contribution in [0.2, 0.25) is 0 Å². The summed E-state index contributed by atoms with van der Waals surface area (Å²) in [6, 6.07) is 0. The quantitative estimate of drug-likeness (QED) is 0.270. The maximum atomic E-state index is 6.85. The molecule has 0 radical (unpaired) electrons. The van der Waals surface area contributed by atoms with Crippen molar-refractivity contribution in [3.05, 3.63) is 0 Å². The molecule has 0 aliphatic heterocycles. The molecule has 3 N–H and O–H groups in total. The SMILES string of the molecule is NOO.[Ti].[Ti]. The van der Waals surface area contributed by atoms with Crippen molar-refractivity contribution in [3.63, 3.8) is 0 Å². The van der Waals surface area contributed by atoms with Crippen molar-refractivity contribution in [1.29, 1.82) is 0 Å². The Kier molecular flexibility index (Phi) is 60.1. The summed E-state index contributed by atoms with van der Waals surface area (Å²) in [7, 11) is 0. The van der Waals surface area contributed by atoms with Crippen molar-refractivity contribution < 1.29 is 53.7 Å². The van der Waals surface area contributed by atoms with Gasteiger partial charge in [0.05, 0.1) is 0 Å². The molecule has 0 saturated carbocycles. The number of hydrogen-bond donors (Lipinski definition) is 2. The Morgan fingerprint density at radius 1 is 1.40 bits per heavy atom. The van der Waals surface area contributed by atoms with E-state index >= 15 is 0 Å². The summed E-state index contributed by atoms with van der Waals surface area (Å²) in [5.74, 6) is 3.90. The Labute approximate surface area is 59.5 Å². The average Bonchev–Trinajstić information content (AvgIpc) is 0.918. The Bertz CT molecular complexity index is 7.61. The summed E-state index contributed by atoms with van der Waals surface area (Å²) >= 11 is 0. The minimum Gasteiger partial charge on any atom is -0.233 e. The Morgan fingerprint density at radius 3 is 1.40 bits per heavy atom. The van der Waals surface area contributed by atoms with Crippen molar-refractivity contribution in [2.45, 2.75) is 0 Å². The van der Waals surface area contributed by atoms with E-state index in [1.165, 1.54) is 0 Å². The molecule has 0 aromatic rings. The zero-order valence-corrected chi connectivity index (χ0v) is 5.56. The molecule has 0 amide bonds. The smallest absolute Gasteiger partial charge is 0 e. The van der Waals surface area contributed by atoms with Crippen LogP contribution in [0.25, 0.3) is 0 Å². The van der Waals surface area contributed by atoms with Crippen LogP contribution in [0.3, 0.4) is 0 Å². The Morgan fingerprint density at radius 2 is 1.40 bits per heavy atom. The maximum Gasteiger partial charge on any atom is 0 e. The monoisotopic (exact) mass is 145 g/mol. The van der Waals surface area contributed by atoms with Crippen LogP contribution in [0.5, 0.6) is 0 Å². The first-order valence-corrected chi connectivity index (χ1v) is 0.418. The van der Waals surface area contributed by atoms with Gasteiger partial charge in [0, 0.05) is 43.4 Å². The van der Waals surface area contributed by atoms with Gasteiger partial charge in [-0.25, -0.2) is 5.26 Å². The largest absolute Gasteiger partial charge is 0.233 e. The first-order valence-electron chi connectivity index (χ1n) is 0.418. The third-order valence-corrected chi connectivity index (χ3v) is 0. The minimum atomic E-state index is 0. The zero-order valence-electron chi connectivity index (χ0n) is 2.43. The summed E-state index contributed by atoms with van der Waals surface area (Å²) < 4.78 is 0. The van der Waals surface area contributed by atoms with E-state index in [4.69, 9.17) is 5.26 Å². The van der Waals surface area contributed by atoms with Crippen LogP contribution in [0.4, 0.5) is 0 Å². The van der Waals surface area contributed by atoms with Gasteiger partial charge < -0.3 is 0 Å². The average molecular weight is 145 g/mol. The zero-order chi connectivity index (χ0) is 2.71. The van der Waals surface area contributed by atoms with Crippen LogP contribution in [-0.4, -0.2) is 5.26 Å². The number of nitrogens with two attached hydrogens (primary N) is 1. The van der Waals surface area contributed by atoms with Crippen LogP contribution >= 0.6 is 0 Å². The van der Waals surface area contributed by atoms with E-state index in [1.54, 1.807) is 0 Å². The first kappa shape index (κ1) is 16.2. The molecule has 0 spiro atoms. The van der Waals surface area contributed by atoms with E-state index in [9.17, 15) is 0 Å². The van der Waals surface area contributed by atoms with Crippen molar-refractivity contribution in [3.8, 4) is 0 Å². The molecule has 0 aliphatic rings. The van der Waals surface area contributed by atoms with Gasteiger partial charge in [-0.05, 0) is 0 Å². The van der Waals surface area contributed by atoms with Gasteiger partial charge >= 0.3 is 0 Å². The minimum absolute atomic E-state index is 0. The van der Waals surface area contributed by atoms with Crippen molar-refractivity contribution >= 4 is 0 Å². The molecule has 5 heteroatoms. The fraction of sp³-hybridized carbons (Fsp3) is 0. The molecule has 0 bridgehead atoms. The van der Waals surface area contributed by atoms with Crippen LogP contribution in [-0.2, 0) is 48.4 Å². The van der Waals surface area contributed by atoms with Gasteiger partial charge in [-0.15, -0.1) is 4.99 Å². The van der Waals surface area contributed by atoms with E-state index in [1.807, 2.05) is 0 Å². The number of rotatable bonds is 0. The van der Waals surface area contributed by atoms with Gasteiger partial charge in [0.15, 0.2) is 0 Å². The molecule has 0 rings (SSSR count). The van der Waals surface area contributed by atoms with Gasteiger partial charge in [-0.3, -0.25) is 0 Å². The fourth-order valence-corrected chi connectivity index (χ4v) is 0. The van der Waals surface area contributed by atoms with Crippen LogP contribution in [0.15, 0.2) is 0 Å². The molecule has 5 heavy (non-hydrogen) atoms. The molecule has 0 aliphatic carbocycles. The molecule has 0 aromatic heterocycles. The van der Waals surface area contributed by atoms with Crippen LogP contribution < -0.4 is 5.90 Å². The van der Waals surface area contributed by atoms with Gasteiger partial charge in [0.2, 0.25) is 0 Å². The van der Waals surface area contributed by atoms with E-state index in [0.717, 1.165) is 0 Å².